The van der Waals surface area contributed by atoms with E-state index in [-0.39, 0.29) is 24.2 Å². The van der Waals surface area contributed by atoms with Crippen molar-refractivity contribution in [3.63, 3.8) is 0 Å². The van der Waals surface area contributed by atoms with Crippen molar-refractivity contribution >= 4 is 17.8 Å². The van der Waals surface area contributed by atoms with Gasteiger partial charge in [-0.05, 0) is 38.5 Å². The second-order valence-corrected chi connectivity index (χ2v) is 6.16. The van der Waals surface area contributed by atoms with E-state index in [0.717, 1.165) is 24.8 Å². The van der Waals surface area contributed by atoms with Crippen molar-refractivity contribution in [3.05, 3.63) is 11.6 Å². The topological polar surface area (TPSA) is 72.9 Å². The molecule has 0 radical (unpaired) electrons. The Morgan fingerprint density at radius 3 is 2.52 bits per heavy atom. The van der Waals surface area contributed by atoms with Crippen molar-refractivity contribution < 1.29 is 23.9 Å². The summed E-state index contributed by atoms with van der Waals surface area (Å²) in [5.41, 5.74) is 1.15. The standard InChI is InChI=1S/C17H25NO5/c1-22-16(20)13-8-9-18(14(11-13)17(21)23-2)15(19)10-12-6-4-3-5-7-12/h6,13-14H,3-5,7-11H2,1-2H3/t13-,14+/m0/s1. The van der Waals surface area contributed by atoms with Gasteiger partial charge in [0.1, 0.15) is 6.04 Å². The fraction of sp³-hybridized carbons (Fsp3) is 0.706. The maximum absolute atomic E-state index is 12.6. The van der Waals surface area contributed by atoms with Gasteiger partial charge in [0.25, 0.3) is 0 Å². The van der Waals surface area contributed by atoms with Gasteiger partial charge in [-0.3, -0.25) is 9.59 Å². The number of esters is 2. The van der Waals surface area contributed by atoms with Gasteiger partial charge in [0.2, 0.25) is 5.91 Å². The Morgan fingerprint density at radius 1 is 1.17 bits per heavy atom. The molecule has 0 aromatic rings. The Kier molecular flexibility index (Phi) is 6.19. The van der Waals surface area contributed by atoms with Gasteiger partial charge >= 0.3 is 11.9 Å². The summed E-state index contributed by atoms with van der Waals surface area (Å²) in [6.45, 7) is 0.381. The molecular formula is C17H25NO5. The number of ether oxygens (including phenoxy) is 2. The molecule has 6 nitrogen and oxygen atoms in total. The SMILES string of the molecule is COC(=O)[C@H]1CCN(C(=O)CC2=CCCCC2)[C@@H](C(=O)OC)C1. The van der Waals surface area contributed by atoms with Crippen LogP contribution in [0.25, 0.3) is 0 Å². The van der Waals surface area contributed by atoms with E-state index in [2.05, 4.69) is 6.08 Å². The van der Waals surface area contributed by atoms with Crippen LogP contribution in [0.1, 0.15) is 44.9 Å². The van der Waals surface area contributed by atoms with Crippen LogP contribution in [-0.4, -0.2) is 49.6 Å². The highest BCUT2D eigenvalue weighted by atomic mass is 16.5. The van der Waals surface area contributed by atoms with Gasteiger partial charge in [-0.1, -0.05) is 11.6 Å². The summed E-state index contributed by atoms with van der Waals surface area (Å²) in [4.78, 5) is 38.0. The average Bonchev–Trinajstić information content (AvgIpc) is 2.60. The molecule has 128 valence electrons. The molecule has 1 aliphatic carbocycles. The lowest BCUT2D eigenvalue weighted by Crippen LogP contribution is -2.51. The van der Waals surface area contributed by atoms with Crippen LogP contribution in [0.5, 0.6) is 0 Å². The Balaban J connectivity index is 2.06. The summed E-state index contributed by atoms with van der Waals surface area (Å²) >= 11 is 0. The van der Waals surface area contributed by atoms with Crippen molar-refractivity contribution in [2.75, 3.05) is 20.8 Å². The van der Waals surface area contributed by atoms with Crippen LogP contribution in [0.4, 0.5) is 0 Å². The van der Waals surface area contributed by atoms with Crippen molar-refractivity contribution in [1.29, 1.82) is 0 Å². The van der Waals surface area contributed by atoms with Crippen LogP contribution in [0.15, 0.2) is 11.6 Å². The number of piperidine rings is 1. The van der Waals surface area contributed by atoms with Crippen LogP contribution in [0.2, 0.25) is 0 Å². The van der Waals surface area contributed by atoms with Crippen molar-refractivity contribution in [2.45, 2.75) is 51.0 Å². The van der Waals surface area contributed by atoms with Crippen molar-refractivity contribution in [1.82, 2.24) is 4.90 Å². The van der Waals surface area contributed by atoms with Crippen LogP contribution in [0, 0.1) is 5.92 Å². The first kappa shape index (κ1) is 17.5. The van der Waals surface area contributed by atoms with E-state index < -0.39 is 12.0 Å². The zero-order valence-corrected chi connectivity index (χ0v) is 13.9. The number of likely N-dealkylation sites (tertiary alicyclic amines) is 1. The maximum atomic E-state index is 12.6. The highest BCUT2D eigenvalue weighted by molar-refractivity contribution is 5.87. The molecule has 6 heteroatoms. The molecule has 1 fully saturated rings. The van der Waals surface area contributed by atoms with E-state index in [1.165, 1.54) is 20.6 Å². The predicted octanol–water partition coefficient (Wildman–Crippen LogP) is 1.83. The molecule has 0 aromatic carbocycles. The molecule has 23 heavy (non-hydrogen) atoms. The first-order chi connectivity index (χ1) is 11.1. The number of carbonyl (C=O) groups excluding carboxylic acids is 3. The summed E-state index contributed by atoms with van der Waals surface area (Å²) in [5, 5.41) is 0. The molecule has 0 saturated carbocycles. The van der Waals surface area contributed by atoms with Crippen LogP contribution in [-0.2, 0) is 23.9 Å². The lowest BCUT2D eigenvalue weighted by molar-refractivity contribution is -0.159. The molecule has 0 aromatic heterocycles. The molecule has 1 saturated heterocycles. The summed E-state index contributed by atoms with van der Waals surface area (Å²) in [5.74, 6) is -1.22. The van der Waals surface area contributed by atoms with Gasteiger partial charge < -0.3 is 14.4 Å². The van der Waals surface area contributed by atoms with Gasteiger partial charge in [-0.2, -0.15) is 0 Å². The molecule has 2 aliphatic rings. The van der Waals surface area contributed by atoms with Crippen LogP contribution in [0.3, 0.4) is 0 Å². The van der Waals surface area contributed by atoms with E-state index in [0.29, 0.717) is 19.4 Å². The molecular weight excluding hydrogens is 298 g/mol. The smallest absolute Gasteiger partial charge is 0.328 e. The maximum Gasteiger partial charge on any atom is 0.328 e. The number of carbonyl (C=O) groups is 3. The van der Waals surface area contributed by atoms with Crippen molar-refractivity contribution in [3.8, 4) is 0 Å². The molecule has 0 spiro atoms. The lowest BCUT2D eigenvalue weighted by Gasteiger charge is -2.37. The average molecular weight is 323 g/mol. The minimum Gasteiger partial charge on any atom is -0.469 e. The molecule has 2 rings (SSSR count). The van der Waals surface area contributed by atoms with Gasteiger partial charge in [0.15, 0.2) is 0 Å². The number of allylic oxidation sites excluding steroid dienone is 1. The third-order valence-corrected chi connectivity index (χ3v) is 4.69. The fourth-order valence-corrected chi connectivity index (χ4v) is 3.37. The third kappa shape index (κ3) is 4.33. The Hall–Kier alpha value is -1.85. The first-order valence-electron chi connectivity index (χ1n) is 8.19. The number of amides is 1. The summed E-state index contributed by atoms with van der Waals surface area (Å²) in [6, 6.07) is -0.699. The lowest BCUT2D eigenvalue weighted by atomic mass is 9.89. The second-order valence-electron chi connectivity index (χ2n) is 6.16. The fourth-order valence-electron chi connectivity index (χ4n) is 3.37. The van der Waals surface area contributed by atoms with Gasteiger partial charge in [0, 0.05) is 13.0 Å². The molecule has 0 N–H and O–H groups in total. The largest absolute Gasteiger partial charge is 0.469 e. The number of methoxy groups -OCH3 is 2. The van der Waals surface area contributed by atoms with Gasteiger partial charge in [-0.15, -0.1) is 0 Å². The van der Waals surface area contributed by atoms with E-state index >= 15 is 0 Å². The molecule has 0 bridgehead atoms. The van der Waals surface area contributed by atoms with Gasteiger partial charge in [0.05, 0.1) is 20.1 Å². The van der Waals surface area contributed by atoms with E-state index in [1.807, 2.05) is 0 Å². The minimum atomic E-state index is -0.699. The summed E-state index contributed by atoms with van der Waals surface area (Å²) in [6.07, 6.45) is 7.54. The Labute approximate surface area is 136 Å². The number of nitrogens with zero attached hydrogens (tertiary/aromatic N) is 1. The molecule has 1 amide bonds. The van der Waals surface area contributed by atoms with Crippen LogP contribution < -0.4 is 0 Å². The highest BCUT2D eigenvalue weighted by Gasteiger charge is 2.39. The van der Waals surface area contributed by atoms with E-state index in [9.17, 15) is 14.4 Å². The predicted molar refractivity (Wildman–Crippen MR) is 83.4 cm³/mol. The Bertz CT molecular complexity index is 499. The first-order valence-corrected chi connectivity index (χ1v) is 8.19. The van der Waals surface area contributed by atoms with E-state index in [4.69, 9.17) is 9.47 Å². The minimum absolute atomic E-state index is 0.0585. The number of hydrogen-bond donors (Lipinski definition) is 0. The monoisotopic (exact) mass is 323 g/mol. The quantitative estimate of drug-likeness (QED) is 0.583. The highest BCUT2D eigenvalue weighted by Crippen LogP contribution is 2.27. The van der Waals surface area contributed by atoms with E-state index in [1.54, 1.807) is 4.90 Å². The van der Waals surface area contributed by atoms with Crippen LogP contribution >= 0.6 is 0 Å². The molecule has 0 unspecified atom stereocenters. The Morgan fingerprint density at radius 2 is 1.91 bits per heavy atom. The molecule has 1 aliphatic heterocycles. The summed E-state index contributed by atoms with van der Waals surface area (Å²) < 4.78 is 9.59. The van der Waals surface area contributed by atoms with Gasteiger partial charge in [-0.25, -0.2) is 4.79 Å². The summed E-state index contributed by atoms with van der Waals surface area (Å²) in [7, 11) is 2.64. The zero-order valence-electron chi connectivity index (χ0n) is 13.9. The third-order valence-electron chi connectivity index (χ3n) is 4.69. The second kappa shape index (κ2) is 8.13. The van der Waals surface area contributed by atoms with Crippen molar-refractivity contribution in [2.24, 2.45) is 5.92 Å². The zero-order chi connectivity index (χ0) is 16.8. The molecule has 2 atom stereocenters. The normalized spacial score (nSPS) is 24.6. The number of rotatable bonds is 4. The molecule has 1 heterocycles. The number of hydrogen-bond acceptors (Lipinski definition) is 5.